The molecule has 0 atom stereocenters. The fourth-order valence-electron chi connectivity index (χ4n) is 3.21. The van der Waals surface area contributed by atoms with Gasteiger partial charge in [-0.3, -0.25) is 4.79 Å². The van der Waals surface area contributed by atoms with E-state index in [2.05, 4.69) is 10.6 Å². The molecule has 3 amide bonds. The third kappa shape index (κ3) is 4.80. The number of nitrogens with one attached hydrogen (secondary N) is 2. The van der Waals surface area contributed by atoms with Crippen molar-refractivity contribution in [1.82, 2.24) is 5.32 Å². The maximum absolute atomic E-state index is 12.3. The van der Waals surface area contributed by atoms with Crippen molar-refractivity contribution in [3.05, 3.63) is 53.6 Å². The van der Waals surface area contributed by atoms with Crippen molar-refractivity contribution in [3.8, 4) is 5.75 Å². The van der Waals surface area contributed by atoms with Crippen LogP contribution >= 0.6 is 0 Å². The molecule has 0 unspecified atom stereocenters. The Hall–Kier alpha value is -3.06. The first-order valence-electron chi connectivity index (χ1n) is 9.20. The number of urea groups is 1. The summed E-state index contributed by atoms with van der Waals surface area (Å²) in [6.45, 7) is 1.10. The summed E-state index contributed by atoms with van der Waals surface area (Å²) >= 11 is 0. The van der Waals surface area contributed by atoms with E-state index in [4.69, 9.17) is 9.47 Å². The molecule has 2 aromatic carbocycles. The molecule has 1 aliphatic rings. The minimum absolute atomic E-state index is 0.0411. The Morgan fingerprint density at radius 1 is 1.11 bits per heavy atom. The van der Waals surface area contributed by atoms with E-state index in [9.17, 15) is 9.59 Å². The highest BCUT2D eigenvalue weighted by molar-refractivity contribution is 5.97. The lowest BCUT2D eigenvalue weighted by molar-refractivity contribution is -0.122. The zero-order chi connectivity index (χ0) is 19.9. The lowest BCUT2D eigenvalue weighted by Crippen LogP contribution is -2.37. The van der Waals surface area contributed by atoms with Crippen molar-refractivity contribution >= 4 is 23.3 Å². The molecule has 0 aromatic heterocycles. The molecule has 1 heterocycles. The van der Waals surface area contributed by atoms with Gasteiger partial charge in [0.2, 0.25) is 0 Å². The standard InChI is InChI=1S/C21H25N3O4/c1-27-14-20(25)24-11-3-4-16-7-8-17(12-19(16)24)23-21(26)22-13-15-5-9-18(28-2)10-6-15/h5-10,12H,3-4,11,13-14H2,1-2H3,(H2,22,23,26). The van der Waals surface area contributed by atoms with Gasteiger partial charge in [0.15, 0.2) is 0 Å². The number of carbonyl (C=O) groups is 2. The van der Waals surface area contributed by atoms with E-state index in [-0.39, 0.29) is 18.5 Å². The number of rotatable bonds is 6. The Balaban J connectivity index is 1.63. The first-order valence-corrected chi connectivity index (χ1v) is 9.20. The average Bonchev–Trinajstić information content (AvgIpc) is 2.72. The lowest BCUT2D eigenvalue weighted by atomic mass is 10.0. The van der Waals surface area contributed by atoms with E-state index < -0.39 is 0 Å². The molecule has 0 aliphatic carbocycles. The number of carbonyl (C=O) groups excluding carboxylic acids is 2. The Kier molecular flexibility index (Phi) is 6.49. The van der Waals surface area contributed by atoms with Gasteiger partial charge in [-0.1, -0.05) is 18.2 Å². The van der Waals surface area contributed by atoms with Crippen LogP contribution in [0.25, 0.3) is 0 Å². The van der Waals surface area contributed by atoms with E-state index in [1.807, 2.05) is 42.5 Å². The van der Waals surface area contributed by atoms with Crippen molar-refractivity contribution < 1.29 is 19.1 Å². The van der Waals surface area contributed by atoms with Crippen LogP contribution in [-0.2, 0) is 22.5 Å². The molecule has 2 aromatic rings. The molecule has 0 radical (unpaired) electrons. The SMILES string of the molecule is COCC(=O)N1CCCc2ccc(NC(=O)NCc3ccc(OC)cc3)cc21. The molecule has 0 bridgehead atoms. The van der Waals surface area contributed by atoms with Crippen LogP contribution in [0.4, 0.5) is 16.2 Å². The van der Waals surface area contributed by atoms with Crippen LogP contribution in [0.1, 0.15) is 17.5 Å². The largest absolute Gasteiger partial charge is 0.497 e. The molecule has 1 aliphatic heterocycles. The van der Waals surface area contributed by atoms with Gasteiger partial charge in [0, 0.05) is 31.6 Å². The highest BCUT2D eigenvalue weighted by Crippen LogP contribution is 2.30. The molecule has 0 saturated heterocycles. The number of fused-ring (bicyclic) bond motifs is 1. The predicted octanol–water partition coefficient (Wildman–Crippen LogP) is 2.94. The van der Waals surface area contributed by atoms with E-state index in [1.165, 1.54) is 7.11 Å². The van der Waals surface area contributed by atoms with Crippen molar-refractivity contribution in [2.75, 3.05) is 37.6 Å². The fraction of sp³-hybridized carbons (Fsp3) is 0.333. The molecule has 148 valence electrons. The number of benzene rings is 2. The zero-order valence-electron chi connectivity index (χ0n) is 16.2. The zero-order valence-corrected chi connectivity index (χ0v) is 16.2. The predicted molar refractivity (Wildman–Crippen MR) is 108 cm³/mol. The minimum Gasteiger partial charge on any atom is -0.497 e. The van der Waals surface area contributed by atoms with Crippen LogP contribution < -0.4 is 20.3 Å². The number of hydrogen-bond donors (Lipinski definition) is 2. The second-order valence-corrected chi connectivity index (χ2v) is 6.58. The van der Waals surface area contributed by atoms with Crippen molar-refractivity contribution in [2.24, 2.45) is 0 Å². The van der Waals surface area contributed by atoms with Crippen LogP contribution in [0.15, 0.2) is 42.5 Å². The summed E-state index contributed by atoms with van der Waals surface area (Å²) in [6.07, 6.45) is 1.83. The summed E-state index contributed by atoms with van der Waals surface area (Å²) < 4.78 is 10.1. The molecular formula is C21H25N3O4. The van der Waals surface area contributed by atoms with Crippen LogP contribution in [-0.4, -0.2) is 39.3 Å². The number of anilines is 2. The van der Waals surface area contributed by atoms with Crippen LogP contribution in [0.3, 0.4) is 0 Å². The van der Waals surface area contributed by atoms with E-state index in [0.29, 0.717) is 18.8 Å². The Labute approximate surface area is 164 Å². The first-order chi connectivity index (χ1) is 13.6. The van der Waals surface area contributed by atoms with E-state index in [0.717, 1.165) is 35.4 Å². The van der Waals surface area contributed by atoms with E-state index in [1.54, 1.807) is 12.0 Å². The quantitative estimate of drug-likeness (QED) is 0.804. The van der Waals surface area contributed by atoms with Gasteiger partial charge >= 0.3 is 6.03 Å². The highest BCUT2D eigenvalue weighted by Gasteiger charge is 2.22. The molecule has 7 nitrogen and oxygen atoms in total. The summed E-state index contributed by atoms with van der Waals surface area (Å²) in [4.78, 5) is 26.3. The Morgan fingerprint density at radius 3 is 2.61 bits per heavy atom. The van der Waals surface area contributed by atoms with E-state index >= 15 is 0 Å². The van der Waals surface area contributed by atoms with Gasteiger partial charge in [0.25, 0.3) is 5.91 Å². The molecule has 0 saturated carbocycles. The van der Waals surface area contributed by atoms with Gasteiger partial charge in [0.05, 0.1) is 7.11 Å². The summed E-state index contributed by atoms with van der Waals surface area (Å²) in [7, 11) is 3.12. The minimum atomic E-state index is -0.304. The van der Waals surface area contributed by atoms with Gasteiger partial charge < -0.3 is 25.0 Å². The molecule has 28 heavy (non-hydrogen) atoms. The van der Waals surface area contributed by atoms with Gasteiger partial charge in [-0.2, -0.15) is 0 Å². The van der Waals surface area contributed by atoms with Crippen molar-refractivity contribution in [1.29, 1.82) is 0 Å². The number of amides is 3. The van der Waals surface area contributed by atoms with Crippen LogP contribution in [0, 0.1) is 0 Å². The smallest absolute Gasteiger partial charge is 0.319 e. The Bertz CT molecular complexity index is 836. The third-order valence-electron chi connectivity index (χ3n) is 4.64. The number of ether oxygens (including phenoxy) is 2. The lowest BCUT2D eigenvalue weighted by Gasteiger charge is -2.29. The summed E-state index contributed by atoms with van der Waals surface area (Å²) in [5.74, 6) is 0.694. The van der Waals surface area contributed by atoms with Gasteiger partial charge in [-0.25, -0.2) is 4.79 Å². The van der Waals surface area contributed by atoms with Gasteiger partial charge in [-0.15, -0.1) is 0 Å². The van der Waals surface area contributed by atoms with Crippen LogP contribution in [0.5, 0.6) is 5.75 Å². The third-order valence-corrected chi connectivity index (χ3v) is 4.64. The molecule has 0 fully saturated rings. The van der Waals surface area contributed by atoms with Gasteiger partial charge in [0.1, 0.15) is 12.4 Å². The van der Waals surface area contributed by atoms with Crippen molar-refractivity contribution in [2.45, 2.75) is 19.4 Å². The number of nitrogens with zero attached hydrogens (tertiary/aromatic N) is 1. The average molecular weight is 383 g/mol. The van der Waals surface area contributed by atoms with Crippen LogP contribution in [0.2, 0.25) is 0 Å². The fourth-order valence-corrected chi connectivity index (χ4v) is 3.21. The number of hydrogen-bond acceptors (Lipinski definition) is 4. The normalized spacial score (nSPS) is 12.9. The summed E-state index contributed by atoms with van der Waals surface area (Å²) in [5.41, 5.74) is 3.54. The van der Waals surface area contributed by atoms with Gasteiger partial charge in [-0.05, 0) is 48.2 Å². The Morgan fingerprint density at radius 2 is 1.89 bits per heavy atom. The summed E-state index contributed by atoms with van der Waals surface area (Å²) in [5, 5.41) is 5.66. The second kappa shape index (κ2) is 9.23. The second-order valence-electron chi connectivity index (χ2n) is 6.58. The molecule has 7 heteroatoms. The molecular weight excluding hydrogens is 358 g/mol. The summed E-state index contributed by atoms with van der Waals surface area (Å²) in [6, 6.07) is 12.9. The topological polar surface area (TPSA) is 79.9 Å². The molecule has 3 rings (SSSR count). The monoisotopic (exact) mass is 383 g/mol. The maximum Gasteiger partial charge on any atom is 0.319 e. The molecule has 0 spiro atoms. The first kappa shape index (κ1) is 19.7. The number of methoxy groups -OCH3 is 2. The highest BCUT2D eigenvalue weighted by atomic mass is 16.5. The van der Waals surface area contributed by atoms with Crippen molar-refractivity contribution in [3.63, 3.8) is 0 Å². The molecule has 2 N–H and O–H groups in total. The number of aryl methyl sites for hydroxylation is 1. The maximum atomic E-state index is 12.3.